The second kappa shape index (κ2) is 31.2. The zero-order chi connectivity index (χ0) is 62.3. The maximum Gasteiger partial charge on any atom is 0.573 e. The molecule has 8 atom stereocenters. The molecule has 0 aromatic heterocycles. The van der Waals surface area contributed by atoms with Gasteiger partial charge in [-0.3, -0.25) is 19.2 Å². The molecule has 0 saturated heterocycles. The largest absolute Gasteiger partial charge is 0.573 e. The van der Waals surface area contributed by atoms with Crippen molar-refractivity contribution in [2.45, 2.75) is 180 Å². The van der Waals surface area contributed by atoms with E-state index >= 15 is 8.78 Å². The van der Waals surface area contributed by atoms with E-state index in [0.29, 0.717) is 11.3 Å². The molecule has 0 bridgehead atoms. The Labute approximate surface area is 477 Å². The van der Waals surface area contributed by atoms with Crippen molar-refractivity contribution >= 4 is 60.0 Å². The highest BCUT2D eigenvalue weighted by Gasteiger charge is 2.43. The van der Waals surface area contributed by atoms with E-state index in [9.17, 15) is 69.8 Å². The number of carboxylic acid groups (broad SMARTS) is 1. The molecule has 0 heterocycles. The highest BCUT2D eigenvalue weighted by atomic mass is 35.5. The fourth-order valence-electron chi connectivity index (χ4n) is 8.09. The monoisotopic (exact) mass is 1210 g/mol. The van der Waals surface area contributed by atoms with E-state index in [1.165, 1.54) is 14.0 Å². The van der Waals surface area contributed by atoms with Gasteiger partial charge in [0.15, 0.2) is 18.3 Å². The fraction of sp³-hybridized carbons (Fsp3) is 0.630. The number of benzene rings is 2. The number of likely N-dealkylation sites (N-methyl/N-ethyl adjacent to an activating group) is 4. The summed E-state index contributed by atoms with van der Waals surface area (Å²) in [5, 5.41) is 12.7. The maximum atomic E-state index is 15.5. The van der Waals surface area contributed by atoms with Crippen LogP contribution in [0.3, 0.4) is 0 Å². The van der Waals surface area contributed by atoms with Crippen molar-refractivity contribution < 1.29 is 107 Å². The summed E-state index contributed by atoms with van der Waals surface area (Å²) < 4.78 is 138. The topological polar surface area (TPSA) is 234 Å². The highest BCUT2D eigenvalue weighted by molar-refractivity contribution is 5.93. The number of ether oxygens (including phenoxy) is 6. The lowest BCUT2D eigenvalue weighted by atomic mass is 9.98. The van der Waals surface area contributed by atoms with Crippen molar-refractivity contribution in [1.29, 1.82) is 0 Å². The van der Waals surface area contributed by atoms with Crippen LogP contribution in [0.5, 0.6) is 11.5 Å². The summed E-state index contributed by atoms with van der Waals surface area (Å²) in [6.07, 6.45) is -20.1. The molecular formula is C54H75ClF8N4O15. The number of amides is 3. The predicted molar refractivity (Wildman–Crippen MR) is 280 cm³/mol. The molecule has 2 rings (SSSR count). The van der Waals surface area contributed by atoms with Gasteiger partial charge in [-0.1, -0.05) is 52.0 Å². The van der Waals surface area contributed by atoms with Crippen LogP contribution in [0.4, 0.5) is 35.1 Å². The average Bonchev–Trinajstić information content (AvgIpc) is 3.33. The summed E-state index contributed by atoms with van der Waals surface area (Å²) in [4.78, 5) is 112. The Kier molecular flexibility index (Phi) is 28.0. The molecule has 19 nitrogen and oxygen atoms in total. The SMILES string of the molecule is CNC(CC(C)C)C(=O)OC(C)C(=O)N(C)C(CC(C)(C)F)C(=O)OC(Cc1ccc(OC(F)(F)F)cc1)C(=O)N(C)C(CC(C)C)C(=O)OC(C)C(=O)N(C)C(CC(C)(C)F)C(=O)OC(Cc1ccc(OC(F)(F)F)cc1)C(=O)O.Cl. The Morgan fingerprint density at radius 1 is 0.500 bits per heavy atom. The molecule has 0 radical (unpaired) electrons. The van der Waals surface area contributed by atoms with Crippen LogP contribution in [0.25, 0.3) is 0 Å². The first-order valence-electron chi connectivity index (χ1n) is 25.6. The van der Waals surface area contributed by atoms with Crippen LogP contribution in [-0.4, -0.2) is 168 Å². The number of nitrogens with zero attached hydrogens (tertiary/aromatic N) is 3. The Bertz CT molecular complexity index is 2450. The first-order valence-corrected chi connectivity index (χ1v) is 25.6. The van der Waals surface area contributed by atoms with Crippen LogP contribution in [0.15, 0.2) is 48.5 Å². The lowest BCUT2D eigenvalue weighted by molar-refractivity contribution is -0.275. The number of aliphatic carboxylic acids is 1. The van der Waals surface area contributed by atoms with E-state index in [1.807, 2.05) is 13.8 Å². The lowest BCUT2D eigenvalue weighted by Gasteiger charge is -2.35. The highest BCUT2D eigenvalue weighted by Crippen LogP contribution is 2.28. The van der Waals surface area contributed by atoms with Gasteiger partial charge in [-0.25, -0.2) is 28.0 Å². The molecular weight excluding hydrogens is 1130 g/mol. The fourth-order valence-corrected chi connectivity index (χ4v) is 8.09. The van der Waals surface area contributed by atoms with E-state index in [2.05, 4.69) is 14.8 Å². The maximum absolute atomic E-state index is 15.5. The average molecular weight is 1210 g/mol. The first kappa shape index (κ1) is 73.5. The Hall–Kier alpha value is -6.51. The minimum Gasteiger partial charge on any atom is -0.478 e. The number of hydrogen-bond acceptors (Lipinski definition) is 15. The third kappa shape index (κ3) is 25.3. The Balaban J connectivity index is 0.0000336. The van der Waals surface area contributed by atoms with Gasteiger partial charge < -0.3 is 53.5 Å². The molecule has 464 valence electrons. The number of carbonyl (C=O) groups is 8. The van der Waals surface area contributed by atoms with Crippen molar-refractivity contribution in [1.82, 2.24) is 20.0 Å². The normalized spacial score (nSPS) is 15.0. The van der Waals surface area contributed by atoms with Crippen molar-refractivity contribution in [2.75, 3.05) is 28.2 Å². The summed E-state index contributed by atoms with van der Waals surface area (Å²) in [5.41, 5.74) is -4.30. The summed E-state index contributed by atoms with van der Waals surface area (Å²) in [6.45, 7) is 13.5. The third-order valence-electron chi connectivity index (χ3n) is 12.2. The summed E-state index contributed by atoms with van der Waals surface area (Å²) in [5.74, 6) is -11.5. The predicted octanol–water partition coefficient (Wildman–Crippen LogP) is 7.90. The molecule has 2 N–H and O–H groups in total. The van der Waals surface area contributed by atoms with Crippen LogP contribution in [0, 0.1) is 11.8 Å². The molecule has 0 spiro atoms. The van der Waals surface area contributed by atoms with Gasteiger partial charge in [0.2, 0.25) is 6.10 Å². The number of hydrogen-bond donors (Lipinski definition) is 2. The zero-order valence-corrected chi connectivity index (χ0v) is 48.9. The molecule has 3 amide bonds. The van der Waals surface area contributed by atoms with E-state index in [1.54, 1.807) is 13.8 Å². The molecule has 2 aromatic carbocycles. The van der Waals surface area contributed by atoms with Crippen molar-refractivity contribution in [3.63, 3.8) is 0 Å². The van der Waals surface area contributed by atoms with Gasteiger partial charge in [0.05, 0.1) is 0 Å². The molecule has 0 aliphatic carbocycles. The number of carbonyl (C=O) groups excluding carboxylic acids is 7. The van der Waals surface area contributed by atoms with E-state index in [4.69, 9.17) is 18.9 Å². The van der Waals surface area contributed by atoms with E-state index in [0.717, 1.165) is 114 Å². The van der Waals surface area contributed by atoms with Crippen LogP contribution in [-0.2, 0) is 70.1 Å². The van der Waals surface area contributed by atoms with Gasteiger partial charge in [0, 0.05) is 46.8 Å². The molecule has 0 saturated carbocycles. The lowest BCUT2D eigenvalue weighted by Crippen LogP contribution is -2.54. The second-order valence-corrected chi connectivity index (χ2v) is 21.5. The van der Waals surface area contributed by atoms with Crippen LogP contribution < -0.4 is 14.8 Å². The molecule has 8 unspecified atom stereocenters. The van der Waals surface area contributed by atoms with Gasteiger partial charge in [-0.15, -0.1) is 38.7 Å². The van der Waals surface area contributed by atoms with Gasteiger partial charge in [-0.2, -0.15) is 0 Å². The van der Waals surface area contributed by atoms with E-state index in [-0.39, 0.29) is 35.9 Å². The molecule has 2 aromatic rings. The number of nitrogens with one attached hydrogen (secondary N) is 1. The zero-order valence-electron chi connectivity index (χ0n) is 48.1. The number of rotatable bonds is 30. The Morgan fingerprint density at radius 3 is 1.16 bits per heavy atom. The van der Waals surface area contributed by atoms with Gasteiger partial charge in [0.25, 0.3) is 17.7 Å². The molecule has 0 aliphatic heterocycles. The molecule has 0 aliphatic rings. The number of alkyl halides is 8. The van der Waals surface area contributed by atoms with Crippen LogP contribution in [0.1, 0.15) is 106 Å². The summed E-state index contributed by atoms with van der Waals surface area (Å²) >= 11 is 0. The molecule has 0 fully saturated rings. The smallest absolute Gasteiger partial charge is 0.478 e. The van der Waals surface area contributed by atoms with Gasteiger partial charge >= 0.3 is 42.6 Å². The minimum absolute atomic E-state index is 0. The van der Waals surface area contributed by atoms with Crippen molar-refractivity contribution in [3.8, 4) is 11.5 Å². The van der Waals surface area contributed by atoms with Gasteiger partial charge in [-0.05, 0) is 109 Å². The third-order valence-corrected chi connectivity index (χ3v) is 12.2. The molecule has 82 heavy (non-hydrogen) atoms. The quantitative estimate of drug-likeness (QED) is 0.0430. The van der Waals surface area contributed by atoms with Gasteiger partial charge in [0.1, 0.15) is 47.0 Å². The Morgan fingerprint density at radius 2 is 0.829 bits per heavy atom. The van der Waals surface area contributed by atoms with Crippen molar-refractivity contribution in [3.05, 3.63) is 59.7 Å². The number of halogens is 9. The first-order chi connectivity index (χ1) is 37.0. The van der Waals surface area contributed by atoms with Crippen molar-refractivity contribution in [2.24, 2.45) is 11.8 Å². The summed E-state index contributed by atoms with van der Waals surface area (Å²) in [7, 11) is 4.72. The second-order valence-electron chi connectivity index (χ2n) is 21.5. The number of esters is 4. The summed E-state index contributed by atoms with van der Waals surface area (Å²) in [6, 6.07) is 1.81. The number of carboxylic acids is 1. The molecule has 28 heteroatoms. The van der Waals surface area contributed by atoms with Crippen LogP contribution in [0.2, 0.25) is 0 Å². The van der Waals surface area contributed by atoms with Crippen LogP contribution >= 0.6 is 12.4 Å². The minimum atomic E-state index is -5.08. The standard InChI is InChI=1S/C54H74F8N4O15.ClH/c1-29(2)23-37(63-11)47(72)76-31(5)43(67)65(13)39(27-51(7,8)55)49(74)78-41(25-33-15-19-35(20-16-33)80-53(57,58)59)45(69)64(12)38(24-30(3)4)48(73)77-32(6)44(68)66(14)40(28-52(9,10)56)50(75)79-42(46(70)71)26-34-17-21-36(22-18-34)81-54(60,61)62;/h15-22,29-32,37-42,63H,23-28H2,1-14H3,(H,70,71);1H. The van der Waals surface area contributed by atoms with E-state index < -0.39 is 163 Å².